The first-order valence-electron chi connectivity index (χ1n) is 6.56. The lowest BCUT2D eigenvalue weighted by molar-refractivity contribution is -0.115. The lowest BCUT2D eigenvalue weighted by Gasteiger charge is -2.10. The number of rotatable bonds is 5. The van der Waals surface area contributed by atoms with Crippen LogP contribution in [0.5, 0.6) is 23.0 Å². The second-order valence-electron chi connectivity index (χ2n) is 4.62. The van der Waals surface area contributed by atoms with Crippen molar-refractivity contribution < 1.29 is 24.5 Å². The molecule has 0 aromatic heterocycles. The Labute approximate surface area is 127 Å². The number of hydrogen-bond acceptors (Lipinski definition) is 5. The summed E-state index contributed by atoms with van der Waals surface area (Å²) in [7, 11) is 3.05. The minimum atomic E-state index is -0.253. The van der Waals surface area contributed by atoms with Crippen molar-refractivity contribution in [3.8, 4) is 23.0 Å². The third-order valence-electron chi connectivity index (χ3n) is 3.07. The molecule has 2 aromatic carbocycles. The van der Waals surface area contributed by atoms with Gasteiger partial charge in [-0.1, -0.05) is 6.07 Å². The minimum absolute atomic E-state index is 0.0716. The number of ether oxygens (including phenoxy) is 2. The lowest BCUT2D eigenvalue weighted by Crippen LogP contribution is -2.14. The van der Waals surface area contributed by atoms with E-state index in [1.165, 1.54) is 26.4 Å². The maximum atomic E-state index is 12.0. The number of nitrogens with one attached hydrogen (secondary N) is 1. The Morgan fingerprint density at radius 1 is 1.00 bits per heavy atom. The first-order chi connectivity index (χ1) is 10.5. The van der Waals surface area contributed by atoms with Crippen molar-refractivity contribution in [1.29, 1.82) is 0 Å². The highest BCUT2D eigenvalue weighted by Crippen LogP contribution is 2.30. The quantitative estimate of drug-likeness (QED) is 0.738. The van der Waals surface area contributed by atoms with Gasteiger partial charge in [0.25, 0.3) is 0 Å². The number of carbonyl (C=O) groups excluding carboxylic acids is 1. The molecule has 0 radical (unpaired) electrons. The van der Waals surface area contributed by atoms with E-state index in [2.05, 4.69) is 5.32 Å². The molecule has 0 aliphatic rings. The van der Waals surface area contributed by atoms with Crippen LogP contribution in [-0.4, -0.2) is 30.3 Å². The summed E-state index contributed by atoms with van der Waals surface area (Å²) in [4.78, 5) is 12.0. The van der Waals surface area contributed by atoms with E-state index in [-0.39, 0.29) is 23.8 Å². The Bertz CT molecular complexity index is 684. The molecule has 0 saturated heterocycles. The van der Waals surface area contributed by atoms with Crippen LogP contribution in [0.25, 0.3) is 0 Å². The number of anilines is 1. The average molecular weight is 303 g/mol. The van der Waals surface area contributed by atoms with Crippen LogP contribution in [0.15, 0.2) is 36.4 Å². The molecule has 0 unspecified atom stereocenters. The zero-order valence-electron chi connectivity index (χ0n) is 12.3. The largest absolute Gasteiger partial charge is 0.504 e. The van der Waals surface area contributed by atoms with Gasteiger partial charge in [0.05, 0.1) is 20.6 Å². The zero-order chi connectivity index (χ0) is 16.1. The maximum absolute atomic E-state index is 12.0. The van der Waals surface area contributed by atoms with Gasteiger partial charge in [0.1, 0.15) is 0 Å². The van der Waals surface area contributed by atoms with E-state index < -0.39 is 0 Å². The summed E-state index contributed by atoms with van der Waals surface area (Å²) in [5.74, 6) is 0.365. The smallest absolute Gasteiger partial charge is 0.228 e. The van der Waals surface area contributed by atoms with Crippen molar-refractivity contribution >= 4 is 11.6 Å². The van der Waals surface area contributed by atoms with Crippen molar-refractivity contribution in [2.24, 2.45) is 0 Å². The molecule has 0 heterocycles. The van der Waals surface area contributed by atoms with E-state index in [9.17, 15) is 15.0 Å². The summed E-state index contributed by atoms with van der Waals surface area (Å²) in [5.41, 5.74) is 1.17. The van der Waals surface area contributed by atoms with E-state index in [0.29, 0.717) is 22.7 Å². The summed E-state index contributed by atoms with van der Waals surface area (Å²) in [5, 5.41) is 21.4. The number of carbonyl (C=O) groups is 1. The van der Waals surface area contributed by atoms with E-state index in [1.54, 1.807) is 24.3 Å². The van der Waals surface area contributed by atoms with Gasteiger partial charge in [0.15, 0.2) is 23.0 Å². The van der Waals surface area contributed by atoms with Crippen molar-refractivity contribution in [3.05, 3.63) is 42.0 Å². The molecule has 6 nitrogen and oxygen atoms in total. The van der Waals surface area contributed by atoms with Crippen LogP contribution in [-0.2, 0) is 11.2 Å². The van der Waals surface area contributed by atoms with Crippen LogP contribution >= 0.6 is 0 Å². The molecule has 0 bridgehead atoms. The Morgan fingerprint density at radius 2 is 1.73 bits per heavy atom. The molecule has 6 heteroatoms. The number of methoxy groups -OCH3 is 2. The molecule has 2 rings (SSSR count). The summed E-state index contributed by atoms with van der Waals surface area (Å²) in [6, 6.07) is 9.32. The minimum Gasteiger partial charge on any atom is -0.504 e. The second kappa shape index (κ2) is 6.71. The molecule has 0 spiro atoms. The first kappa shape index (κ1) is 15.5. The zero-order valence-corrected chi connectivity index (χ0v) is 12.3. The van der Waals surface area contributed by atoms with Crippen LogP contribution < -0.4 is 14.8 Å². The molecule has 22 heavy (non-hydrogen) atoms. The van der Waals surface area contributed by atoms with Gasteiger partial charge in [-0.25, -0.2) is 0 Å². The average Bonchev–Trinajstić information content (AvgIpc) is 2.50. The molecule has 2 aromatic rings. The van der Waals surface area contributed by atoms with Gasteiger partial charge in [-0.05, 0) is 29.8 Å². The summed E-state index contributed by atoms with van der Waals surface area (Å²) in [6.07, 6.45) is 0.0716. The molecular formula is C16H17NO5. The molecule has 0 fully saturated rings. The number of phenols is 2. The Hall–Kier alpha value is -2.89. The van der Waals surface area contributed by atoms with Crippen LogP contribution in [0.1, 0.15) is 5.56 Å². The third-order valence-corrected chi connectivity index (χ3v) is 3.07. The number of benzene rings is 2. The lowest BCUT2D eigenvalue weighted by atomic mass is 10.1. The SMILES string of the molecule is COc1ccc(NC(=O)Cc2ccc(O)c(O)c2)cc1OC. The highest BCUT2D eigenvalue weighted by Gasteiger charge is 2.09. The molecule has 1 amide bonds. The van der Waals surface area contributed by atoms with Gasteiger partial charge in [-0.2, -0.15) is 0 Å². The number of phenolic OH excluding ortho intramolecular Hbond substituents is 2. The van der Waals surface area contributed by atoms with Crippen LogP contribution in [0.4, 0.5) is 5.69 Å². The second-order valence-corrected chi connectivity index (χ2v) is 4.62. The van der Waals surface area contributed by atoms with Crippen molar-refractivity contribution in [2.45, 2.75) is 6.42 Å². The highest BCUT2D eigenvalue weighted by atomic mass is 16.5. The van der Waals surface area contributed by atoms with Crippen molar-refractivity contribution in [1.82, 2.24) is 0 Å². The monoisotopic (exact) mass is 303 g/mol. The number of amides is 1. The first-order valence-corrected chi connectivity index (χ1v) is 6.56. The van der Waals surface area contributed by atoms with Gasteiger partial charge in [0.2, 0.25) is 5.91 Å². The van der Waals surface area contributed by atoms with Crippen molar-refractivity contribution in [3.63, 3.8) is 0 Å². The van der Waals surface area contributed by atoms with E-state index in [1.807, 2.05) is 0 Å². The van der Waals surface area contributed by atoms with E-state index in [4.69, 9.17) is 9.47 Å². The number of hydrogen-bond donors (Lipinski definition) is 3. The molecule has 0 atom stereocenters. The fourth-order valence-corrected chi connectivity index (χ4v) is 1.98. The predicted octanol–water partition coefficient (Wildman–Crippen LogP) is 2.30. The standard InChI is InChI=1S/C16H17NO5/c1-21-14-6-4-11(9-15(14)22-2)17-16(20)8-10-3-5-12(18)13(19)7-10/h3-7,9,18-19H,8H2,1-2H3,(H,17,20). The topological polar surface area (TPSA) is 88.0 Å². The molecule has 116 valence electrons. The maximum Gasteiger partial charge on any atom is 0.228 e. The van der Waals surface area contributed by atoms with E-state index in [0.717, 1.165) is 0 Å². The van der Waals surface area contributed by atoms with Crippen LogP contribution in [0, 0.1) is 0 Å². The predicted molar refractivity (Wildman–Crippen MR) is 81.7 cm³/mol. The molecule has 3 N–H and O–H groups in total. The molecule has 0 aliphatic carbocycles. The summed E-state index contributed by atoms with van der Waals surface area (Å²) >= 11 is 0. The normalized spacial score (nSPS) is 10.1. The van der Waals surface area contributed by atoms with Crippen LogP contribution in [0.3, 0.4) is 0 Å². The molecular weight excluding hydrogens is 286 g/mol. The Balaban J connectivity index is 2.07. The van der Waals surface area contributed by atoms with Gasteiger partial charge >= 0.3 is 0 Å². The molecule has 0 saturated carbocycles. The summed E-state index contributed by atoms with van der Waals surface area (Å²) in [6.45, 7) is 0. The van der Waals surface area contributed by atoms with Gasteiger partial charge < -0.3 is 25.0 Å². The van der Waals surface area contributed by atoms with Gasteiger partial charge in [0, 0.05) is 11.8 Å². The highest BCUT2D eigenvalue weighted by molar-refractivity contribution is 5.92. The fourth-order valence-electron chi connectivity index (χ4n) is 1.98. The Morgan fingerprint density at radius 3 is 2.36 bits per heavy atom. The van der Waals surface area contributed by atoms with Crippen molar-refractivity contribution in [2.75, 3.05) is 19.5 Å². The third kappa shape index (κ3) is 3.60. The number of aromatic hydroxyl groups is 2. The molecule has 0 aliphatic heterocycles. The van der Waals surface area contributed by atoms with Gasteiger partial charge in [-0.3, -0.25) is 4.79 Å². The van der Waals surface area contributed by atoms with Crippen LogP contribution in [0.2, 0.25) is 0 Å². The summed E-state index contributed by atoms with van der Waals surface area (Å²) < 4.78 is 10.3. The Kier molecular flexibility index (Phi) is 4.73. The van der Waals surface area contributed by atoms with E-state index >= 15 is 0 Å². The van der Waals surface area contributed by atoms with Gasteiger partial charge in [-0.15, -0.1) is 0 Å². The fraction of sp³-hybridized carbons (Fsp3) is 0.188.